The lowest BCUT2D eigenvalue weighted by Gasteiger charge is -2.29. The van der Waals surface area contributed by atoms with Crippen molar-refractivity contribution in [3.8, 4) is 17.2 Å². The Morgan fingerprint density at radius 2 is 1.56 bits per heavy atom. The highest BCUT2D eigenvalue weighted by Crippen LogP contribution is 2.35. The van der Waals surface area contributed by atoms with Gasteiger partial charge in [0, 0.05) is 17.7 Å². The van der Waals surface area contributed by atoms with Crippen molar-refractivity contribution in [2.24, 2.45) is 0 Å². The summed E-state index contributed by atoms with van der Waals surface area (Å²) >= 11 is 0. The monoisotopic (exact) mass is 448 g/mol. The minimum absolute atomic E-state index is 0.0430. The van der Waals surface area contributed by atoms with Gasteiger partial charge >= 0.3 is 12.1 Å². The predicted octanol–water partition coefficient (Wildman–Crippen LogP) is 2.72. The number of aromatic carboxylic acids is 1. The van der Waals surface area contributed by atoms with Gasteiger partial charge in [0.15, 0.2) is 5.69 Å². The minimum atomic E-state index is -1.29. The molecule has 11 nitrogen and oxygen atoms in total. The molecule has 2 rings (SSSR count). The number of benzene rings is 1. The third-order valence-electron chi connectivity index (χ3n) is 4.35. The van der Waals surface area contributed by atoms with E-state index in [2.05, 4.69) is 9.97 Å². The van der Waals surface area contributed by atoms with E-state index in [0.29, 0.717) is 22.8 Å². The molecule has 1 aromatic carbocycles. The van der Waals surface area contributed by atoms with Gasteiger partial charge in [-0.25, -0.2) is 19.6 Å². The van der Waals surface area contributed by atoms with E-state index in [-0.39, 0.29) is 30.2 Å². The fourth-order valence-corrected chi connectivity index (χ4v) is 2.89. The van der Waals surface area contributed by atoms with Crippen LogP contribution in [-0.2, 0) is 17.8 Å². The van der Waals surface area contributed by atoms with Gasteiger partial charge in [0.05, 0.1) is 40.0 Å². The Balaban J connectivity index is 2.56. The van der Waals surface area contributed by atoms with Crippen LogP contribution >= 0.6 is 0 Å². The largest absolute Gasteiger partial charge is 0.496 e. The van der Waals surface area contributed by atoms with Crippen LogP contribution in [0.1, 0.15) is 42.4 Å². The molecule has 1 amide bonds. The van der Waals surface area contributed by atoms with Gasteiger partial charge in [-0.05, 0) is 20.8 Å². The molecule has 11 heteroatoms. The molecule has 0 fully saturated rings. The standard InChI is InChI=1S/C21H28N4O7/c1-21(2,3)32-20(28)25(10-14-17(19(26)27)23-11-24-18(14)22)9-13-15(30-5)7-12(29-4)8-16(13)31-6/h7-8,11H,9-10H2,1-6H3,(H,26,27)(H2,22,23,24). The summed E-state index contributed by atoms with van der Waals surface area (Å²) in [7, 11) is 4.45. The Labute approximate surface area is 186 Å². The quantitative estimate of drug-likeness (QED) is 0.618. The van der Waals surface area contributed by atoms with E-state index >= 15 is 0 Å². The van der Waals surface area contributed by atoms with Crippen LogP contribution in [0.4, 0.5) is 10.6 Å². The molecule has 0 saturated carbocycles. The molecular formula is C21H28N4O7. The zero-order chi connectivity index (χ0) is 24.1. The average molecular weight is 448 g/mol. The van der Waals surface area contributed by atoms with Gasteiger partial charge in [0.2, 0.25) is 0 Å². The minimum Gasteiger partial charge on any atom is -0.496 e. The molecule has 1 aromatic heterocycles. The topological polar surface area (TPSA) is 146 Å². The van der Waals surface area contributed by atoms with Crippen LogP contribution in [0, 0.1) is 0 Å². The fraction of sp³-hybridized carbons (Fsp3) is 0.429. The summed E-state index contributed by atoms with van der Waals surface area (Å²) in [4.78, 5) is 33.6. The van der Waals surface area contributed by atoms with Crippen LogP contribution in [0.25, 0.3) is 0 Å². The van der Waals surface area contributed by atoms with Gasteiger partial charge in [-0.3, -0.25) is 4.90 Å². The van der Waals surface area contributed by atoms with Crippen molar-refractivity contribution in [3.05, 3.63) is 35.3 Å². The smallest absolute Gasteiger partial charge is 0.410 e. The molecule has 0 bridgehead atoms. The van der Waals surface area contributed by atoms with Gasteiger partial charge in [0.25, 0.3) is 0 Å². The number of hydrogen-bond donors (Lipinski definition) is 2. The molecule has 32 heavy (non-hydrogen) atoms. The first-order valence-corrected chi connectivity index (χ1v) is 9.60. The summed E-state index contributed by atoms with van der Waals surface area (Å²) < 4.78 is 21.7. The Hall–Kier alpha value is -3.76. The number of hydrogen-bond acceptors (Lipinski definition) is 9. The van der Waals surface area contributed by atoms with E-state index in [4.69, 9.17) is 24.7 Å². The zero-order valence-electron chi connectivity index (χ0n) is 19.0. The van der Waals surface area contributed by atoms with Gasteiger partial charge in [-0.1, -0.05) is 0 Å². The number of carbonyl (C=O) groups is 2. The highest BCUT2D eigenvalue weighted by Gasteiger charge is 2.28. The summed E-state index contributed by atoms with van der Waals surface area (Å²) in [6.45, 7) is 4.90. The molecule has 1 heterocycles. The average Bonchev–Trinajstić information content (AvgIpc) is 2.72. The van der Waals surface area contributed by atoms with Crippen molar-refractivity contribution in [1.29, 1.82) is 0 Å². The number of amides is 1. The fourth-order valence-electron chi connectivity index (χ4n) is 2.89. The number of nitrogens with two attached hydrogens (primary N) is 1. The highest BCUT2D eigenvalue weighted by atomic mass is 16.6. The number of carboxylic acid groups (broad SMARTS) is 1. The van der Waals surface area contributed by atoms with E-state index < -0.39 is 17.7 Å². The van der Waals surface area contributed by atoms with Crippen molar-refractivity contribution in [1.82, 2.24) is 14.9 Å². The molecule has 3 N–H and O–H groups in total. The van der Waals surface area contributed by atoms with Crippen molar-refractivity contribution < 1.29 is 33.6 Å². The Kier molecular flexibility index (Phi) is 7.68. The number of carboxylic acids is 1. The lowest BCUT2D eigenvalue weighted by Crippen LogP contribution is -2.37. The second-order valence-corrected chi connectivity index (χ2v) is 7.74. The number of ether oxygens (including phenoxy) is 4. The van der Waals surface area contributed by atoms with Crippen LogP contribution in [-0.4, -0.2) is 59.0 Å². The van der Waals surface area contributed by atoms with Crippen molar-refractivity contribution >= 4 is 17.9 Å². The number of carbonyl (C=O) groups excluding carboxylic acids is 1. The molecule has 174 valence electrons. The maximum atomic E-state index is 13.1. The molecule has 0 radical (unpaired) electrons. The third kappa shape index (κ3) is 5.90. The van der Waals surface area contributed by atoms with Gasteiger partial charge < -0.3 is 29.8 Å². The van der Waals surface area contributed by atoms with Crippen LogP contribution in [0.2, 0.25) is 0 Å². The normalized spacial score (nSPS) is 10.9. The summed E-state index contributed by atoms with van der Waals surface area (Å²) in [6, 6.07) is 3.29. The van der Waals surface area contributed by atoms with E-state index in [1.165, 1.54) is 26.2 Å². The van der Waals surface area contributed by atoms with Crippen molar-refractivity contribution in [3.63, 3.8) is 0 Å². The molecule has 0 aliphatic heterocycles. The van der Waals surface area contributed by atoms with Crippen LogP contribution in [0.5, 0.6) is 17.2 Å². The SMILES string of the molecule is COc1cc(OC)c(CN(Cc2c(N)ncnc2C(=O)O)C(=O)OC(C)(C)C)c(OC)c1. The molecule has 0 unspecified atom stereocenters. The first-order valence-electron chi connectivity index (χ1n) is 9.60. The molecule has 0 aliphatic carbocycles. The van der Waals surface area contributed by atoms with Gasteiger partial charge in [-0.2, -0.15) is 0 Å². The maximum absolute atomic E-state index is 13.1. The van der Waals surface area contributed by atoms with E-state index in [9.17, 15) is 14.7 Å². The lowest BCUT2D eigenvalue weighted by molar-refractivity contribution is 0.0212. The van der Waals surface area contributed by atoms with Crippen LogP contribution in [0.15, 0.2) is 18.5 Å². The number of anilines is 1. The summed E-state index contributed by atoms with van der Waals surface area (Å²) in [6.07, 6.45) is 0.354. The summed E-state index contributed by atoms with van der Waals surface area (Å²) in [5.41, 5.74) is 5.42. The molecule has 2 aromatic rings. The number of rotatable bonds is 8. The first kappa shape index (κ1) is 24.5. The number of nitrogens with zero attached hydrogens (tertiary/aromatic N) is 3. The highest BCUT2D eigenvalue weighted by molar-refractivity contribution is 5.88. The zero-order valence-corrected chi connectivity index (χ0v) is 19.0. The van der Waals surface area contributed by atoms with Gasteiger partial charge in [-0.15, -0.1) is 0 Å². The third-order valence-corrected chi connectivity index (χ3v) is 4.35. The second-order valence-electron chi connectivity index (χ2n) is 7.74. The lowest BCUT2D eigenvalue weighted by atomic mass is 10.1. The summed E-state index contributed by atoms with van der Waals surface area (Å²) in [5, 5.41) is 9.51. The van der Waals surface area contributed by atoms with Gasteiger partial charge in [0.1, 0.15) is 35.0 Å². The molecular weight excluding hydrogens is 420 g/mol. The number of aromatic nitrogens is 2. The van der Waals surface area contributed by atoms with Crippen LogP contribution < -0.4 is 19.9 Å². The van der Waals surface area contributed by atoms with E-state index in [1.54, 1.807) is 32.9 Å². The summed E-state index contributed by atoms with van der Waals surface area (Å²) in [5.74, 6) is -0.0337. The van der Waals surface area contributed by atoms with E-state index in [1.807, 2.05) is 0 Å². The van der Waals surface area contributed by atoms with E-state index in [0.717, 1.165) is 6.33 Å². The Bertz CT molecular complexity index is 964. The van der Waals surface area contributed by atoms with Crippen molar-refractivity contribution in [2.45, 2.75) is 39.5 Å². The first-order chi connectivity index (χ1) is 15.0. The second kappa shape index (κ2) is 10.0. The number of methoxy groups -OCH3 is 3. The predicted molar refractivity (Wildman–Crippen MR) is 115 cm³/mol. The maximum Gasteiger partial charge on any atom is 0.410 e. The molecule has 0 aliphatic rings. The molecule has 0 atom stereocenters. The number of nitrogen functional groups attached to an aromatic ring is 1. The Morgan fingerprint density at radius 3 is 2.03 bits per heavy atom. The molecule has 0 saturated heterocycles. The van der Waals surface area contributed by atoms with Crippen molar-refractivity contribution in [2.75, 3.05) is 27.1 Å². The Morgan fingerprint density at radius 1 is 1.00 bits per heavy atom. The van der Waals surface area contributed by atoms with Crippen LogP contribution in [0.3, 0.4) is 0 Å². The molecule has 0 spiro atoms.